The molecule has 1 aliphatic heterocycles. The molecule has 1 fully saturated rings. The van der Waals surface area contributed by atoms with E-state index in [1.165, 1.54) is 16.7 Å². The van der Waals surface area contributed by atoms with Crippen LogP contribution in [-0.2, 0) is 22.4 Å². The Bertz CT molecular complexity index is 783. The van der Waals surface area contributed by atoms with Gasteiger partial charge >= 0.3 is 5.97 Å². The van der Waals surface area contributed by atoms with Crippen LogP contribution in [0.3, 0.4) is 0 Å². The van der Waals surface area contributed by atoms with Gasteiger partial charge in [-0.3, -0.25) is 4.79 Å². The highest BCUT2D eigenvalue weighted by Gasteiger charge is 2.35. The van der Waals surface area contributed by atoms with Crippen molar-refractivity contribution in [1.29, 1.82) is 0 Å². The van der Waals surface area contributed by atoms with Gasteiger partial charge in [0, 0.05) is 5.92 Å². The number of hydrogen-bond acceptors (Lipinski definition) is 3. The summed E-state index contributed by atoms with van der Waals surface area (Å²) in [6.07, 6.45) is 5.18. The van der Waals surface area contributed by atoms with Crippen LogP contribution in [0.5, 0.6) is 5.75 Å². The van der Waals surface area contributed by atoms with Gasteiger partial charge in [0.2, 0.25) is 0 Å². The third-order valence-electron chi connectivity index (χ3n) is 5.98. The molecule has 0 aromatic heterocycles. The minimum absolute atomic E-state index is 0.00239. The SMILES string of the molecule is CCOC(=O)C1CCCC1c1ccc2c(c1)OCC(Cc1ccccc1)C2. The number of carbonyl (C=O) groups excluding carboxylic acids is 1. The van der Waals surface area contributed by atoms with Gasteiger partial charge < -0.3 is 9.47 Å². The lowest BCUT2D eigenvalue weighted by Crippen LogP contribution is -2.24. The van der Waals surface area contributed by atoms with Crippen molar-refractivity contribution in [1.82, 2.24) is 0 Å². The lowest BCUT2D eigenvalue weighted by atomic mass is 9.86. The molecular weight excluding hydrogens is 336 g/mol. The fraction of sp³-hybridized carbons (Fsp3) is 0.458. The minimum Gasteiger partial charge on any atom is -0.493 e. The molecular formula is C24H28O3. The van der Waals surface area contributed by atoms with Crippen LogP contribution in [0.2, 0.25) is 0 Å². The van der Waals surface area contributed by atoms with E-state index in [0.29, 0.717) is 12.5 Å². The summed E-state index contributed by atoms with van der Waals surface area (Å²) in [6, 6.07) is 17.2. The summed E-state index contributed by atoms with van der Waals surface area (Å²) in [5, 5.41) is 0. The van der Waals surface area contributed by atoms with Crippen LogP contribution in [0.4, 0.5) is 0 Å². The van der Waals surface area contributed by atoms with Crippen LogP contribution in [0.15, 0.2) is 48.5 Å². The monoisotopic (exact) mass is 364 g/mol. The third kappa shape index (κ3) is 4.02. The molecule has 1 heterocycles. The summed E-state index contributed by atoms with van der Waals surface area (Å²) in [5.74, 6) is 1.75. The van der Waals surface area contributed by atoms with E-state index >= 15 is 0 Å². The molecule has 142 valence electrons. The van der Waals surface area contributed by atoms with Crippen LogP contribution < -0.4 is 4.74 Å². The third-order valence-corrected chi connectivity index (χ3v) is 5.98. The van der Waals surface area contributed by atoms with E-state index in [1.807, 2.05) is 6.92 Å². The second-order valence-corrected chi connectivity index (χ2v) is 7.83. The van der Waals surface area contributed by atoms with Crippen molar-refractivity contribution < 1.29 is 14.3 Å². The van der Waals surface area contributed by atoms with Crippen molar-refractivity contribution in [3.05, 3.63) is 65.2 Å². The van der Waals surface area contributed by atoms with E-state index < -0.39 is 0 Å². The summed E-state index contributed by atoms with van der Waals surface area (Å²) in [5.41, 5.74) is 3.89. The zero-order valence-corrected chi connectivity index (χ0v) is 16.0. The number of esters is 1. The Morgan fingerprint density at radius 3 is 2.81 bits per heavy atom. The highest BCUT2D eigenvalue weighted by Crippen LogP contribution is 2.42. The molecule has 0 radical (unpaired) electrons. The van der Waals surface area contributed by atoms with Gasteiger partial charge in [-0.1, -0.05) is 48.9 Å². The standard InChI is InChI=1S/C24H28O3/c1-2-26-24(25)22-10-6-9-21(22)19-11-12-20-14-18(16-27-23(20)15-19)13-17-7-4-3-5-8-17/h3-5,7-8,11-12,15,18,21-22H,2,6,9-10,13-14,16H2,1H3. The number of benzene rings is 2. The zero-order chi connectivity index (χ0) is 18.6. The second-order valence-electron chi connectivity index (χ2n) is 7.83. The van der Waals surface area contributed by atoms with E-state index in [-0.39, 0.29) is 17.8 Å². The van der Waals surface area contributed by atoms with Gasteiger partial charge in [-0.25, -0.2) is 0 Å². The van der Waals surface area contributed by atoms with Crippen molar-refractivity contribution >= 4 is 5.97 Å². The molecule has 3 nitrogen and oxygen atoms in total. The number of rotatable bonds is 5. The first-order valence-electron chi connectivity index (χ1n) is 10.2. The first kappa shape index (κ1) is 18.1. The van der Waals surface area contributed by atoms with Gasteiger partial charge in [-0.05, 0) is 61.3 Å². The highest BCUT2D eigenvalue weighted by atomic mass is 16.5. The molecule has 2 aromatic rings. The number of ether oxygens (including phenoxy) is 2. The van der Waals surface area contributed by atoms with Gasteiger partial charge in [-0.15, -0.1) is 0 Å². The first-order valence-corrected chi connectivity index (χ1v) is 10.2. The maximum Gasteiger partial charge on any atom is 0.309 e. The number of fused-ring (bicyclic) bond motifs is 1. The maximum atomic E-state index is 12.3. The van der Waals surface area contributed by atoms with Gasteiger partial charge in [0.1, 0.15) is 5.75 Å². The van der Waals surface area contributed by atoms with Crippen molar-refractivity contribution in [2.75, 3.05) is 13.2 Å². The van der Waals surface area contributed by atoms with Crippen molar-refractivity contribution in [2.24, 2.45) is 11.8 Å². The average Bonchev–Trinajstić information content (AvgIpc) is 3.19. The van der Waals surface area contributed by atoms with Crippen molar-refractivity contribution in [2.45, 2.75) is 44.9 Å². The van der Waals surface area contributed by atoms with Gasteiger partial charge in [0.15, 0.2) is 0 Å². The molecule has 2 aliphatic rings. The Hall–Kier alpha value is -2.29. The average molecular weight is 364 g/mol. The molecule has 4 rings (SSSR count). The summed E-state index contributed by atoms with van der Waals surface area (Å²) in [7, 11) is 0. The minimum atomic E-state index is -0.0402. The Morgan fingerprint density at radius 1 is 1.15 bits per heavy atom. The lowest BCUT2D eigenvalue weighted by molar-refractivity contribution is -0.148. The molecule has 1 aliphatic carbocycles. The Labute approximate surface area is 161 Å². The largest absolute Gasteiger partial charge is 0.493 e. The van der Waals surface area contributed by atoms with E-state index in [1.54, 1.807) is 0 Å². The highest BCUT2D eigenvalue weighted by molar-refractivity contribution is 5.74. The topological polar surface area (TPSA) is 35.5 Å². The molecule has 3 heteroatoms. The molecule has 0 N–H and O–H groups in total. The molecule has 0 spiro atoms. The van der Waals surface area contributed by atoms with Crippen LogP contribution in [-0.4, -0.2) is 19.2 Å². The molecule has 0 saturated heterocycles. The summed E-state index contributed by atoms with van der Waals surface area (Å²) in [4.78, 5) is 12.3. The van der Waals surface area contributed by atoms with E-state index in [0.717, 1.165) is 44.5 Å². The first-order chi connectivity index (χ1) is 13.2. The molecule has 3 atom stereocenters. The fourth-order valence-corrected chi connectivity index (χ4v) is 4.65. The molecule has 0 bridgehead atoms. The lowest BCUT2D eigenvalue weighted by Gasteiger charge is -2.27. The molecule has 3 unspecified atom stereocenters. The summed E-state index contributed by atoms with van der Waals surface area (Å²) >= 11 is 0. The molecule has 27 heavy (non-hydrogen) atoms. The number of carbonyl (C=O) groups is 1. The summed E-state index contributed by atoms with van der Waals surface area (Å²) < 4.78 is 11.4. The fourth-order valence-electron chi connectivity index (χ4n) is 4.65. The Kier molecular flexibility index (Phi) is 5.47. The quantitative estimate of drug-likeness (QED) is 0.706. The zero-order valence-electron chi connectivity index (χ0n) is 16.0. The van der Waals surface area contributed by atoms with E-state index in [2.05, 4.69) is 48.5 Å². The van der Waals surface area contributed by atoms with E-state index in [9.17, 15) is 4.79 Å². The Balaban J connectivity index is 1.46. The van der Waals surface area contributed by atoms with E-state index in [4.69, 9.17) is 9.47 Å². The predicted molar refractivity (Wildman–Crippen MR) is 106 cm³/mol. The van der Waals surface area contributed by atoms with Crippen LogP contribution in [0, 0.1) is 11.8 Å². The predicted octanol–water partition coefficient (Wildman–Crippen LogP) is 4.93. The molecule has 1 saturated carbocycles. The molecule has 2 aromatic carbocycles. The van der Waals surface area contributed by atoms with Gasteiger partial charge in [-0.2, -0.15) is 0 Å². The van der Waals surface area contributed by atoms with Crippen LogP contribution in [0.1, 0.15) is 48.8 Å². The van der Waals surface area contributed by atoms with Crippen LogP contribution >= 0.6 is 0 Å². The van der Waals surface area contributed by atoms with Gasteiger partial charge in [0.05, 0.1) is 19.1 Å². The maximum absolute atomic E-state index is 12.3. The Morgan fingerprint density at radius 2 is 2.00 bits per heavy atom. The van der Waals surface area contributed by atoms with Crippen LogP contribution in [0.25, 0.3) is 0 Å². The normalized spacial score (nSPS) is 24.1. The van der Waals surface area contributed by atoms with Gasteiger partial charge in [0.25, 0.3) is 0 Å². The summed E-state index contributed by atoms with van der Waals surface area (Å²) in [6.45, 7) is 3.09. The molecule has 0 amide bonds. The smallest absolute Gasteiger partial charge is 0.309 e. The second kappa shape index (κ2) is 8.16. The van der Waals surface area contributed by atoms with Crippen molar-refractivity contribution in [3.63, 3.8) is 0 Å². The number of hydrogen-bond donors (Lipinski definition) is 0. The van der Waals surface area contributed by atoms with Crippen molar-refractivity contribution in [3.8, 4) is 5.75 Å².